The molecule has 9 heteroatoms. The van der Waals surface area contributed by atoms with Crippen molar-refractivity contribution < 1.29 is 4.74 Å². The van der Waals surface area contributed by atoms with Gasteiger partial charge in [0, 0.05) is 42.4 Å². The molecule has 1 unspecified atom stereocenters. The van der Waals surface area contributed by atoms with Gasteiger partial charge in [-0.15, -0.1) is 9.24 Å². The summed E-state index contributed by atoms with van der Waals surface area (Å²) >= 11 is 0. The first-order chi connectivity index (χ1) is 14.1. The molecular weight excluding hydrogens is 385 g/mol. The van der Waals surface area contributed by atoms with Crippen LogP contribution in [0.15, 0.2) is 30.6 Å². The lowest BCUT2D eigenvalue weighted by Gasteiger charge is -2.29. The van der Waals surface area contributed by atoms with E-state index >= 15 is 0 Å². The molecule has 1 aliphatic heterocycles. The molecule has 3 heterocycles. The lowest BCUT2D eigenvalue weighted by molar-refractivity contribution is 0.172. The van der Waals surface area contributed by atoms with Crippen molar-refractivity contribution in [2.75, 3.05) is 37.9 Å². The van der Waals surface area contributed by atoms with Gasteiger partial charge < -0.3 is 15.4 Å². The number of likely N-dealkylation sites (tertiary alicyclic amines) is 1. The molecule has 0 radical (unpaired) electrons. The van der Waals surface area contributed by atoms with Gasteiger partial charge in [-0.2, -0.15) is 10.1 Å². The van der Waals surface area contributed by atoms with E-state index in [1.54, 1.807) is 7.11 Å². The SMILES string of the molecule is CNc1cc(C)nc(Nc2ccc(OC)c(-n3cc(CN4CCC4)cn3)c2P)n1. The largest absolute Gasteiger partial charge is 0.494 e. The third-order valence-corrected chi connectivity index (χ3v) is 5.56. The number of nitrogens with zero attached hydrogens (tertiary/aromatic N) is 5. The smallest absolute Gasteiger partial charge is 0.229 e. The van der Waals surface area contributed by atoms with Gasteiger partial charge in [-0.1, -0.05) is 0 Å². The van der Waals surface area contributed by atoms with Crippen LogP contribution in [-0.4, -0.2) is 51.9 Å². The van der Waals surface area contributed by atoms with Crippen LogP contribution in [0.3, 0.4) is 0 Å². The Kier molecular flexibility index (Phi) is 5.65. The first-order valence-electron chi connectivity index (χ1n) is 9.60. The van der Waals surface area contributed by atoms with Crippen LogP contribution in [0.1, 0.15) is 17.7 Å². The zero-order chi connectivity index (χ0) is 20.4. The molecule has 1 aliphatic rings. The number of hydrogen-bond donors (Lipinski definition) is 2. The van der Waals surface area contributed by atoms with Gasteiger partial charge in [0.15, 0.2) is 0 Å². The van der Waals surface area contributed by atoms with Gasteiger partial charge >= 0.3 is 0 Å². The van der Waals surface area contributed by atoms with Gasteiger partial charge in [0.25, 0.3) is 0 Å². The van der Waals surface area contributed by atoms with Crippen LogP contribution in [0.25, 0.3) is 5.69 Å². The second-order valence-electron chi connectivity index (χ2n) is 7.09. The molecule has 3 aromatic rings. The van der Waals surface area contributed by atoms with E-state index in [1.165, 1.54) is 12.0 Å². The topological polar surface area (TPSA) is 80.1 Å². The monoisotopic (exact) mass is 411 g/mol. The summed E-state index contributed by atoms with van der Waals surface area (Å²) < 4.78 is 7.48. The van der Waals surface area contributed by atoms with Crippen LogP contribution in [0.4, 0.5) is 17.5 Å². The molecule has 8 nitrogen and oxygen atoms in total. The van der Waals surface area contributed by atoms with E-state index in [4.69, 9.17) is 4.74 Å². The third-order valence-electron chi connectivity index (χ3n) is 4.98. The lowest BCUT2D eigenvalue weighted by Crippen LogP contribution is -2.36. The molecule has 1 aromatic carbocycles. The molecule has 0 saturated carbocycles. The Labute approximate surface area is 172 Å². The number of anilines is 3. The summed E-state index contributed by atoms with van der Waals surface area (Å²) in [5, 5.41) is 11.9. The molecule has 1 atom stereocenters. The molecule has 0 amide bonds. The van der Waals surface area contributed by atoms with Crippen molar-refractivity contribution in [3.8, 4) is 11.4 Å². The maximum atomic E-state index is 5.61. The normalized spacial score (nSPS) is 13.8. The molecule has 29 heavy (non-hydrogen) atoms. The molecule has 2 aromatic heterocycles. The minimum atomic E-state index is 0.535. The highest BCUT2D eigenvalue weighted by atomic mass is 31.0. The van der Waals surface area contributed by atoms with Crippen molar-refractivity contribution in [1.82, 2.24) is 24.6 Å². The van der Waals surface area contributed by atoms with Crippen molar-refractivity contribution in [2.24, 2.45) is 0 Å². The van der Waals surface area contributed by atoms with Crippen molar-refractivity contribution in [1.29, 1.82) is 0 Å². The van der Waals surface area contributed by atoms with Crippen molar-refractivity contribution in [3.63, 3.8) is 0 Å². The Bertz CT molecular complexity index is 1020. The fraction of sp³-hybridized carbons (Fsp3) is 0.350. The summed E-state index contributed by atoms with van der Waals surface area (Å²) in [6.45, 7) is 5.19. The summed E-state index contributed by atoms with van der Waals surface area (Å²) in [5.74, 6) is 2.05. The predicted octanol–water partition coefficient (Wildman–Crippen LogP) is 2.47. The summed E-state index contributed by atoms with van der Waals surface area (Å²) in [6, 6.07) is 5.78. The van der Waals surface area contributed by atoms with E-state index < -0.39 is 0 Å². The first-order valence-corrected chi connectivity index (χ1v) is 10.2. The van der Waals surface area contributed by atoms with Crippen LogP contribution in [-0.2, 0) is 6.54 Å². The number of hydrogen-bond acceptors (Lipinski definition) is 7. The number of nitrogens with one attached hydrogen (secondary N) is 2. The zero-order valence-corrected chi connectivity index (χ0v) is 18.1. The Balaban J connectivity index is 1.66. The van der Waals surface area contributed by atoms with E-state index in [-0.39, 0.29) is 0 Å². The predicted molar refractivity (Wildman–Crippen MR) is 119 cm³/mol. The van der Waals surface area contributed by atoms with Gasteiger partial charge in [-0.05, 0) is 38.6 Å². The fourth-order valence-electron chi connectivity index (χ4n) is 3.33. The molecule has 1 saturated heterocycles. The fourth-order valence-corrected chi connectivity index (χ4v) is 3.78. The molecule has 0 aliphatic carbocycles. The van der Waals surface area contributed by atoms with Gasteiger partial charge in [-0.25, -0.2) is 9.67 Å². The van der Waals surface area contributed by atoms with Crippen LogP contribution in [0, 0.1) is 6.92 Å². The van der Waals surface area contributed by atoms with E-state index in [1.807, 2.05) is 43.0 Å². The van der Waals surface area contributed by atoms with Crippen LogP contribution < -0.4 is 20.7 Å². The van der Waals surface area contributed by atoms with Gasteiger partial charge in [0.1, 0.15) is 17.3 Å². The Morgan fingerprint density at radius 1 is 1.24 bits per heavy atom. The molecular formula is C20H26N7OP. The number of ether oxygens (including phenoxy) is 1. The van der Waals surface area contributed by atoms with E-state index in [2.05, 4.69) is 46.0 Å². The van der Waals surface area contributed by atoms with Gasteiger partial charge in [-0.3, -0.25) is 4.90 Å². The number of rotatable bonds is 7. The molecule has 0 bridgehead atoms. The minimum Gasteiger partial charge on any atom is -0.494 e. The van der Waals surface area contributed by atoms with Crippen LogP contribution >= 0.6 is 9.24 Å². The summed E-state index contributed by atoms with van der Waals surface area (Å²) in [7, 11) is 6.30. The third kappa shape index (κ3) is 4.18. The second kappa shape index (κ2) is 8.35. The average molecular weight is 411 g/mol. The van der Waals surface area contributed by atoms with E-state index in [9.17, 15) is 0 Å². The number of benzene rings is 1. The molecule has 0 spiro atoms. The Morgan fingerprint density at radius 3 is 2.76 bits per heavy atom. The highest BCUT2D eigenvalue weighted by molar-refractivity contribution is 7.28. The number of methoxy groups -OCH3 is 1. The quantitative estimate of drug-likeness (QED) is 0.578. The highest BCUT2D eigenvalue weighted by Gasteiger charge is 2.18. The van der Waals surface area contributed by atoms with Crippen molar-refractivity contribution in [2.45, 2.75) is 19.9 Å². The molecule has 1 fully saturated rings. The highest BCUT2D eigenvalue weighted by Crippen LogP contribution is 2.28. The van der Waals surface area contributed by atoms with Gasteiger partial charge in [0.05, 0.1) is 19.0 Å². The number of aromatic nitrogens is 4. The van der Waals surface area contributed by atoms with Crippen LogP contribution in [0.5, 0.6) is 5.75 Å². The first kappa shape index (κ1) is 19.6. The average Bonchev–Trinajstić information content (AvgIpc) is 3.14. The molecule has 4 rings (SSSR count). The Hall–Kier alpha value is -2.70. The number of aryl methyl sites for hydroxylation is 1. The van der Waals surface area contributed by atoms with Crippen LogP contribution in [0.2, 0.25) is 0 Å². The molecule has 2 N–H and O–H groups in total. The van der Waals surface area contributed by atoms with E-state index in [0.717, 1.165) is 53.6 Å². The van der Waals surface area contributed by atoms with Gasteiger partial charge in [0.2, 0.25) is 5.95 Å². The summed E-state index contributed by atoms with van der Waals surface area (Å²) in [4.78, 5) is 11.4. The lowest BCUT2D eigenvalue weighted by atomic mass is 10.2. The summed E-state index contributed by atoms with van der Waals surface area (Å²) in [5.41, 5.74) is 3.82. The maximum Gasteiger partial charge on any atom is 0.229 e. The standard InChI is InChI=1S/C20H26N7OP/c1-13-9-17(21-2)25-20(23-13)24-15-5-6-16(28-3)18(19(15)29)27-12-14(10-22-27)11-26-7-4-8-26/h5-6,9-10,12H,4,7-8,11,29H2,1-3H3,(H2,21,23,24,25). The van der Waals surface area contributed by atoms with Crippen molar-refractivity contribution in [3.05, 3.63) is 41.9 Å². The summed E-state index contributed by atoms with van der Waals surface area (Å²) in [6.07, 6.45) is 5.27. The van der Waals surface area contributed by atoms with E-state index in [0.29, 0.717) is 5.95 Å². The van der Waals surface area contributed by atoms with Crippen molar-refractivity contribution >= 4 is 32.0 Å². The second-order valence-corrected chi connectivity index (χ2v) is 7.67. The minimum absolute atomic E-state index is 0.535. The maximum absolute atomic E-state index is 5.61. The Morgan fingerprint density at radius 2 is 2.07 bits per heavy atom. The zero-order valence-electron chi connectivity index (χ0n) is 16.9. The molecule has 152 valence electrons.